The summed E-state index contributed by atoms with van der Waals surface area (Å²) in [7, 11) is -2.35. The fourth-order valence-electron chi connectivity index (χ4n) is 1.53. The van der Waals surface area contributed by atoms with Gasteiger partial charge in [-0.05, 0) is 6.42 Å². The van der Waals surface area contributed by atoms with Gasteiger partial charge in [0.1, 0.15) is 8.07 Å². The van der Waals surface area contributed by atoms with E-state index in [9.17, 15) is 0 Å². The van der Waals surface area contributed by atoms with Gasteiger partial charge < -0.3 is 0 Å². The smallest absolute Gasteiger partial charge is 0.129 e. The van der Waals surface area contributed by atoms with Gasteiger partial charge in [0.15, 0.2) is 0 Å². The lowest BCUT2D eigenvalue weighted by molar-refractivity contribution is 0.812. The van der Waals surface area contributed by atoms with Crippen LogP contribution in [0.3, 0.4) is 0 Å². The Morgan fingerprint density at radius 1 is 1.06 bits per heavy atom. The fraction of sp³-hybridized carbons (Fsp3) is 0.733. The van der Waals surface area contributed by atoms with Crippen molar-refractivity contribution in [2.45, 2.75) is 71.9 Å². The minimum Gasteiger partial charge on any atom is -0.132 e. The van der Waals surface area contributed by atoms with E-state index in [0.717, 1.165) is 6.42 Å². The highest BCUT2D eigenvalue weighted by Crippen LogP contribution is 2.19. The topological polar surface area (TPSA) is 0 Å². The molecule has 0 spiro atoms. The van der Waals surface area contributed by atoms with Crippen LogP contribution in [0.25, 0.3) is 0 Å². The van der Waals surface area contributed by atoms with Gasteiger partial charge in [-0.3, -0.25) is 0 Å². The van der Waals surface area contributed by atoms with Crippen LogP contribution in [0.4, 0.5) is 0 Å². The van der Waals surface area contributed by atoms with Crippen molar-refractivity contribution in [1.29, 1.82) is 0 Å². The Kier molecular flexibility index (Phi) is 7.12. The third-order valence-electron chi connectivity index (χ3n) is 2.65. The van der Waals surface area contributed by atoms with E-state index < -0.39 is 16.1 Å². The van der Waals surface area contributed by atoms with E-state index in [1.54, 1.807) is 5.20 Å². The van der Waals surface area contributed by atoms with Crippen LogP contribution in [0.5, 0.6) is 0 Å². The molecule has 17 heavy (non-hydrogen) atoms. The normalized spacial score (nSPS) is 13.2. The fourth-order valence-corrected chi connectivity index (χ4v) is 3.52. The molecule has 0 saturated heterocycles. The summed E-state index contributed by atoms with van der Waals surface area (Å²) in [4.78, 5) is 0. The molecule has 0 bridgehead atoms. The van der Waals surface area contributed by atoms with E-state index in [0.29, 0.717) is 0 Å². The summed E-state index contributed by atoms with van der Waals surface area (Å²) in [6.07, 6.45) is 7.34. The molecule has 0 rings (SSSR count). The maximum absolute atomic E-state index is 3.49. The number of rotatable bonds is 5. The molecule has 0 aromatic rings. The summed E-state index contributed by atoms with van der Waals surface area (Å²) in [6, 6.07) is 0. The summed E-state index contributed by atoms with van der Waals surface area (Å²) < 4.78 is 0. The minimum atomic E-state index is -1.19. The first-order chi connectivity index (χ1) is 7.67. The molecule has 0 nitrogen and oxygen atoms in total. The quantitative estimate of drug-likeness (QED) is 0.362. The van der Waals surface area contributed by atoms with Crippen molar-refractivity contribution in [3.8, 4) is 11.5 Å². The molecule has 2 heteroatoms. The van der Waals surface area contributed by atoms with Crippen molar-refractivity contribution < 1.29 is 0 Å². The molecular weight excluding hydrogens is 236 g/mol. The summed E-state index contributed by atoms with van der Waals surface area (Å²) >= 11 is 0. The van der Waals surface area contributed by atoms with E-state index in [4.69, 9.17) is 0 Å². The second-order valence-corrected chi connectivity index (χ2v) is 16.7. The van der Waals surface area contributed by atoms with Gasteiger partial charge in [-0.2, -0.15) is 0 Å². The molecule has 0 unspecified atom stereocenters. The van der Waals surface area contributed by atoms with Gasteiger partial charge in [0.05, 0.1) is 8.07 Å². The Hall–Kier alpha value is -0.266. The van der Waals surface area contributed by atoms with Gasteiger partial charge in [-0.25, -0.2) is 0 Å². The van der Waals surface area contributed by atoms with Crippen LogP contribution in [0, 0.1) is 11.5 Å². The summed E-state index contributed by atoms with van der Waals surface area (Å²) in [5.41, 5.74) is 3.49. The lowest BCUT2D eigenvalue weighted by Crippen LogP contribution is -2.24. The third-order valence-corrected chi connectivity index (χ3v) is 5.89. The number of hydrogen-bond donors (Lipinski definition) is 0. The van der Waals surface area contributed by atoms with Crippen LogP contribution in [-0.2, 0) is 0 Å². The Labute approximate surface area is 111 Å². The SMILES string of the molecule is CCCC/C=C(/CC#C[Si](C)(C)C)[Si](C)(C)C. The highest BCUT2D eigenvalue weighted by molar-refractivity contribution is 6.84. The van der Waals surface area contributed by atoms with Gasteiger partial charge in [-0.15, -0.1) is 11.5 Å². The minimum absolute atomic E-state index is 1.02. The predicted molar refractivity (Wildman–Crippen MR) is 86.7 cm³/mol. The molecular formula is C15H30Si2. The van der Waals surface area contributed by atoms with Gasteiger partial charge in [0.25, 0.3) is 0 Å². The molecule has 0 amide bonds. The lowest BCUT2D eigenvalue weighted by Gasteiger charge is -2.19. The summed E-state index contributed by atoms with van der Waals surface area (Å²) in [6.45, 7) is 16.5. The highest BCUT2D eigenvalue weighted by atomic mass is 28.3. The van der Waals surface area contributed by atoms with Crippen LogP contribution in [0.2, 0.25) is 39.3 Å². The van der Waals surface area contributed by atoms with Gasteiger partial charge in [0, 0.05) is 6.42 Å². The van der Waals surface area contributed by atoms with E-state index in [2.05, 4.69) is 63.7 Å². The lowest BCUT2D eigenvalue weighted by atomic mass is 10.2. The average molecular weight is 267 g/mol. The van der Waals surface area contributed by atoms with Crippen molar-refractivity contribution in [3.63, 3.8) is 0 Å². The third kappa shape index (κ3) is 9.44. The zero-order valence-corrected chi connectivity index (χ0v) is 14.9. The first-order valence-corrected chi connectivity index (χ1v) is 13.9. The first kappa shape index (κ1) is 16.7. The molecule has 0 aromatic heterocycles. The zero-order valence-electron chi connectivity index (χ0n) is 12.9. The average Bonchev–Trinajstić information content (AvgIpc) is 2.12. The molecule has 0 heterocycles. The van der Waals surface area contributed by atoms with Crippen LogP contribution >= 0.6 is 0 Å². The van der Waals surface area contributed by atoms with E-state index >= 15 is 0 Å². The van der Waals surface area contributed by atoms with Crippen LogP contribution in [-0.4, -0.2) is 16.1 Å². The molecule has 0 atom stereocenters. The number of unbranched alkanes of at least 4 members (excludes halogenated alkanes) is 2. The second-order valence-electron chi connectivity index (χ2n) is 6.85. The maximum Gasteiger partial charge on any atom is 0.129 e. The van der Waals surface area contributed by atoms with E-state index in [-0.39, 0.29) is 0 Å². The Morgan fingerprint density at radius 2 is 1.65 bits per heavy atom. The van der Waals surface area contributed by atoms with E-state index in [1.807, 2.05) is 0 Å². The van der Waals surface area contributed by atoms with E-state index in [1.165, 1.54) is 19.3 Å². The Morgan fingerprint density at radius 3 is 2.06 bits per heavy atom. The van der Waals surface area contributed by atoms with Crippen LogP contribution in [0.1, 0.15) is 32.6 Å². The Balaban J connectivity index is 4.61. The first-order valence-electron chi connectivity index (χ1n) is 6.86. The molecule has 98 valence electrons. The van der Waals surface area contributed by atoms with Crippen LogP contribution < -0.4 is 0 Å². The van der Waals surface area contributed by atoms with Crippen LogP contribution in [0.15, 0.2) is 11.3 Å². The molecule has 0 aliphatic heterocycles. The second kappa shape index (κ2) is 7.23. The molecule has 0 aromatic carbocycles. The zero-order chi connectivity index (χ0) is 13.5. The number of allylic oxidation sites excluding steroid dienone is 2. The summed E-state index contributed by atoms with van der Waals surface area (Å²) in [5.74, 6) is 3.44. The molecule has 0 fully saturated rings. The van der Waals surface area contributed by atoms with Crippen molar-refractivity contribution in [1.82, 2.24) is 0 Å². The van der Waals surface area contributed by atoms with Gasteiger partial charge >= 0.3 is 0 Å². The monoisotopic (exact) mass is 266 g/mol. The highest BCUT2D eigenvalue weighted by Gasteiger charge is 2.18. The predicted octanol–water partition coefficient (Wildman–Crippen LogP) is 5.25. The van der Waals surface area contributed by atoms with Gasteiger partial charge in [-0.1, -0.05) is 70.3 Å². The Bertz CT molecular complexity index is 303. The summed E-state index contributed by atoms with van der Waals surface area (Å²) in [5, 5.41) is 1.65. The van der Waals surface area contributed by atoms with Crippen molar-refractivity contribution in [2.24, 2.45) is 0 Å². The molecule has 0 aliphatic carbocycles. The molecule has 0 N–H and O–H groups in total. The van der Waals surface area contributed by atoms with Crippen molar-refractivity contribution in [3.05, 3.63) is 11.3 Å². The van der Waals surface area contributed by atoms with Crippen molar-refractivity contribution in [2.75, 3.05) is 0 Å². The molecule has 0 radical (unpaired) electrons. The van der Waals surface area contributed by atoms with Gasteiger partial charge in [0.2, 0.25) is 0 Å². The maximum atomic E-state index is 3.49. The standard InChI is InChI=1S/C15H30Si2/c1-8-9-10-12-15(17(5,6)7)13-11-14-16(2,3)4/h12H,8-10,13H2,1-7H3/b15-12-. The number of hydrogen-bond acceptors (Lipinski definition) is 0. The molecule has 0 saturated carbocycles. The largest absolute Gasteiger partial charge is 0.132 e. The molecule has 0 aliphatic rings. The van der Waals surface area contributed by atoms with Crippen molar-refractivity contribution >= 4 is 16.1 Å².